The van der Waals surface area contributed by atoms with Crippen LogP contribution in [0.15, 0.2) is 24.3 Å². The quantitative estimate of drug-likeness (QED) is 0.420. The molecular weight excluding hydrogens is 404 g/mol. The Morgan fingerprint density at radius 3 is 2.36 bits per heavy atom. The molecule has 4 nitrogen and oxygen atoms in total. The number of aromatic nitrogens is 3. The predicted octanol–water partition coefficient (Wildman–Crippen LogP) is 5.79. The molecule has 134 valence electrons. The SMILES string of the molecule is CCCCOc1ccc(C=Cc2nc(CCl)nc(C(Cl)(Cl)Cl)n2)cc1. The standard InChI is InChI=1S/C17H17Cl4N3O/c1-2-3-10-25-13-7-4-12(5-8-13)6-9-14-22-15(11-18)24-16(23-14)17(19,20)21/h4-9H,2-3,10-11H2,1H3. The second kappa shape index (κ2) is 9.58. The monoisotopic (exact) mass is 419 g/mol. The molecule has 0 aliphatic rings. The molecule has 0 spiro atoms. The van der Waals surface area contributed by atoms with Crippen molar-refractivity contribution in [1.29, 1.82) is 0 Å². The number of alkyl halides is 4. The van der Waals surface area contributed by atoms with Crippen molar-refractivity contribution in [3.63, 3.8) is 0 Å². The number of rotatable bonds is 7. The first-order chi connectivity index (χ1) is 11.9. The van der Waals surface area contributed by atoms with Gasteiger partial charge in [-0.3, -0.25) is 0 Å². The summed E-state index contributed by atoms with van der Waals surface area (Å²) in [5.41, 5.74) is 0.964. The number of hydrogen-bond acceptors (Lipinski definition) is 4. The lowest BCUT2D eigenvalue weighted by atomic mass is 10.2. The van der Waals surface area contributed by atoms with Gasteiger partial charge < -0.3 is 4.74 Å². The molecule has 2 aromatic rings. The third-order valence-electron chi connectivity index (χ3n) is 3.14. The van der Waals surface area contributed by atoms with E-state index >= 15 is 0 Å². The van der Waals surface area contributed by atoms with Gasteiger partial charge >= 0.3 is 0 Å². The number of ether oxygens (including phenoxy) is 1. The number of benzene rings is 1. The first kappa shape index (κ1) is 20.2. The molecule has 0 atom stereocenters. The van der Waals surface area contributed by atoms with Crippen molar-refractivity contribution >= 4 is 58.6 Å². The molecule has 0 fully saturated rings. The number of nitrogens with zero attached hydrogens (tertiary/aromatic N) is 3. The Balaban J connectivity index is 2.13. The first-order valence-electron chi connectivity index (χ1n) is 7.71. The summed E-state index contributed by atoms with van der Waals surface area (Å²) in [6, 6.07) is 7.72. The van der Waals surface area contributed by atoms with Gasteiger partial charge in [0, 0.05) is 0 Å². The van der Waals surface area contributed by atoms with Crippen molar-refractivity contribution in [1.82, 2.24) is 15.0 Å². The minimum absolute atomic E-state index is 0.0440. The smallest absolute Gasteiger partial charge is 0.250 e. The van der Waals surface area contributed by atoms with Gasteiger partial charge in [0.15, 0.2) is 11.6 Å². The summed E-state index contributed by atoms with van der Waals surface area (Å²) in [4.78, 5) is 12.4. The molecule has 25 heavy (non-hydrogen) atoms. The van der Waals surface area contributed by atoms with Gasteiger partial charge in [0.2, 0.25) is 3.79 Å². The molecule has 1 aromatic heterocycles. The number of hydrogen-bond donors (Lipinski definition) is 0. The number of unbranched alkanes of at least 4 members (excludes halogenated alkanes) is 1. The summed E-state index contributed by atoms with van der Waals surface area (Å²) in [7, 11) is 0. The van der Waals surface area contributed by atoms with E-state index in [1.807, 2.05) is 30.3 Å². The van der Waals surface area contributed by atoms with Crippen molar-refractivity contribution in [2.24, 2.45) is 0 Å². The van der Waals surface area contributed by atoms with Crippen LogP contribution in [0.25, 0.3) is 12.2 Å². The molecule has 1 heterocycles. The average Bonchev–Trinajstić information content (AvgIpc) is 2.60. The summed E-state index contributed by atoms with van der Waals surface area (Å²) < 4.78 is 3.90. The van der Waals surface area contributed by atoms with Crippen molar-refractivity contribution in [3.8, 4) is 5.75 Å². The lowest BCUT2D eigenvalue weighted by Gasteiger charge is -2.10. The molecule has 0 amide bonds. The Morgan fingerprint density at radius 2 is 1.76 bits per heavy atom. The van der Waals surface area contributed by atoms with Crippen LogP contribution in [0.1, 0.15) is 42.8 Å². The van der Waals surface area contributed by atoms with Crippen LogP contribution in [0.3, 0.4) is 0 Å². The lowest BCUT2D eigenvalue weighted by molar-refractivity contribution is 0.309. The molecule has 0 unspecified atom stereocenters. The van der Waals surface area contributed by atoms with Crippen LogP contribution < -0.4 is 4.74 Å². The van der Waals surface area contributed by atoms with Crippen LogP contribution in [0.4, 0.5) is 0 Å². The van der Waals surface area contributed by atoms with Gasteiger partial charge in [-0.25, -0.2) is 15.0 Å². The lowest BCUT2D eigenvalue weighted by Crippen LogP contribution is -2.12. The highest BCUT2D eigenvalue weighted by Crippen LogP contribution is 2.35. The summed E-state index contributed by atoms with van der Waals surface area (Å²) in [6.45, 7) is 2.85. The highest BCUT2D eigenvalue weighted by atomic mass is 35.6. The van der Waals surface area contributed by atoms with Crippen LogP contribution in [0, 0.1) is 0 Å². The zero-order valence-electron chi connectivity index (χ0n) is 13.6. The topological polar surface area (TPSA) is 47.9 Å². The zero-order chi connectivity index (χ0) is 18.3. The second-order valence-electron chi connectivity index (χ2n) is 5.17. The van der Waals surface area contributed by atoms with Gasteiger partial charge in [-0.05, 0) is 30.2 Å². The maximum atomic E-state index is 5.84. The molecular formula is C17H17Cl4N3O. The minimum Gasteiger partial charge on any atom is -0.494 e. The van der Waals surface area contributed by atoms with Gasteiger partial charge in [0.1, 0.15) is 11.6 Å². The molecule has 0 bridgehead atoms. The van der Waals surface area contributed by atoms with Gasteiger partial charge in [-0.1, -0.05) is 66.4 Å². The van der Waals surface area contributed by atoms with E-state index in [-0.39, 0.29) is 11.7 Å². The molecule has 0 aliphatic heterocycles. The Bertz CT molecular complexity index is 715. The highest BCUT2D eigenvalue weighted by molar-refractivity contribution is 6.66. The van der Waals surface area contributed by atoms with Crippen molar-refractivity contribution in [3.05, 3.63) is 47.3 Å². The molecule has 2 rings (SSSR count). The molecule has 0 N–H and O–H groups in total. The Labute approximate surface area is 167 Å². The van der Waals surface area contributed by atoms with E-state index in [2.05, 4.69) is 21.9 Å². The molecule has 0 saturated heterocycles. The van der Waals surface area contributed by atoms with E-state index in [0.717, 1.165) is 30.8 Å². The first-order valence-corrected chi connectivity index (χ1v) is 9.38. The third kappa shape index (κ3) is 6.63. The van der Waals surface area contributed by atoms with Gasteiger partial charge in [-0.15, -0.1) is 11.6 Å². The summed E-state index contributed by atoms with van der Waals surface area (Å²) in [6.07, 6.45) is 5.71. The van der Waals surface area contributed by atoms with E-state index < -0.39 is 3.79 Å². The van der Waals surface area contributed by atoms with Crippen molar-refractivity contribution in [2.45, 2.75) is 29.4 Å². The van der Waals surface area contributed by atoms with Gasteiger partial charge in [0.05, 0.1) is 12.5 Å². The minimum atomic E-state index is -1.73. The molecule has 0 radical (unpaired) electrons. The molecule has 8 heteroatoms. The number of halogens is 4. The zero-order valence-corrected chi connectivity index (χ0v) is 16.6. The summed E-state index contributed by atoms with van der Waals surface area (Å²) in [5, 5.41) is 0. The predicted molar refractivity (Wildman–Crippen MR) is 104 cm³/mol. The second-order valence-corrected chi connectivity index (χ2v) is 7.72. The third-order valence-corrected chi connectivity index (χ3v) is 3.89. The van der Waals surface area contributed by atoms with Crippen molar-refractivity contribution in [2.75, 3.05) is 6.61 Å². The fourth-order valence-electron chi connectivity index (χ4n) is 1.88. The normalized spacial score (nSPS) is 11.9. The summed E-state index contributed by atoms with van der Waals surface area (Å²) >= 11 is 23.3. The maximum absolute atomic E-state index is 5.84. The van der Waals surface area contributed by atoms with E-state index in [4.69, 9.17) is 51.1 Å². The Morgan fingerprint density at radius 1 is 1.04 bits per heavy atom. The van der Waals surface area contributed by atoms with Crippen LogP contribution >= 0.6 is 46.4 Å². The Kier molecular flexibility index (Phi) is 7.76. The van der Waals surface area contributed by atoms with E-state index in [1.54, 1.807) is 6.08 Å². The van der Waals surface area contributed by atoms with Gasteiger partial charge in [0.25, 0.3) is 0 Å². The fourth-order valence-corrected chi connectivity index (χ4v) is 2.25. The van der Waals surface area contributed by atoms with Crippen LogP contribution in [0.5, 0.6) is 5.75 Å². The van der Waals surface area contributed by atoms with Crippen molar-refractivity contribution < 1.29 is 4.74 Å². The van der Waals surface area contributed by atoms with E-state index in [0.29, 0.717) is 11.6 Å². The van der Waals surface area contributed by atoms with Gasteiger partial charge in [-0.2, -0.15) is 0 Å². The molecule has 0 aliphatic carbocycles. The fraction of sp³-hybridized carbons (Fsp3) is 0.353. The Hall–Kier alpha value is -1.07. The molecule has 1 aromatic carbocycles. The van der Waals surface area contributed by atoms with Crippen LogP contribution in [-0.2, 0) is 9.67 Å². The highest BCUT2D eigenvalue weighted by Gasteiger charge is 2.27. The van der Waals surface area contributed by atoms with Crippen LogP contribution in [-0.4, -0.2) is 21.6 Å². The molecule has 0 saturated carbocycles. The largest absolute Gasteiger partial charge is 0.494 e. The van der Waals surface area contributed by atoms with E-state index in [1.165, 1.54) is 0 Å². The van der Waals surface area contributed by atoms with E-state index in [9.17, 15) is 0 Å². The average molecular weight is 421 g/mol. The maximum Gasteiger partial charge on any atom is 0.250 e. The summed E-state index contributed by atoms with van der Waals surface area (Å²) in [5.74, 6) is 1.70. The van der Waals surface area contributed by atoms with Crippen LogP contribution in [0.2, 0.25) is 0 Å².